The third kappa shape index (κ3) is 2.47. The Labute approximate surface area is 101 Å². The number of carbonyl (C=O) groups excluding carboxylic acids is 1. The number of benzene rings is 1. The van der Waals surface area contributed by atoms with E-state index in [-0.39, 0.29) is 5.56 Å². The number of nitrogens with zero attached hydrogens (tertiary/aromatic N) is 1. The number of rotatable bonds is 2. The van der Waals surface area contributed by atoms with Crippen molar-refractivity contribution in [2.24, 2.45) is 7.05 Å². The minimum atomic E-state index is -4.40. The topological polar surface area (TPSA) is 34.0 Å². The van der Waals surface area contributed by atoms with E-state index in [2.05, 4.69) is 0 Å². The molecule has 1 aromatic heterocycles. The second-order valence-electron chi connectivity index (χ2n) is 3.96. The van der Waals surface area contributed by atoms with E-state index in [1.54, 1.807) is 36.0 Å². The van der Waals surface area contributed by atoms with E-state index in [4.69, 9.17) is 0 Å². The highest BCUT2D eigenvalue weighted by Gasteiger charge is 2.28. The Hall–Kier alpha value is -1.98. The van der Waals surface area contributed by atoms with Crippen LogP contribution in [0.1, 0.15) is 10.4 Å². The number of amides is 1. The maximum atomic E-state index is 12.0. The van der Waals surface area contributed by atoms with Gasteiger partial charge in [-0.1, -0.05) is 6.07 Å². The number of hydrogen-bond donors (Lipinski definition) is 1. The molecule has 6 heteroatoms. The first-order valence-corrected chi connectivity index (χ1v) is 5.27. The summed E-state index contributed by atoms with van der Waals surface area (Å²) in [7, 11) is 1.81. The number of fused-ring (bicyclic) bond motifs is 1. The van der Waals surface area contributed by atoms with Crippen LogP contribution in [0.25, 0.3) is 10.9 Å². The molecular formula is C12H11F3N2O. The standard InChI is InChI=1S/C12H11F3N2O/c1-17-6-5-8-9(3-2-4-10(8)17)11(18)16-7-12(13,14)15/h2-6H,7H2,1H3,(H,16,18). The van der Waals surface area contributed by atoms with Gasteiger partial charge in [0.05, 0.1) is 0 Å². The van der Waals surface area contributed by atoms with Crippen LogP contribution in [-0.2, 0) is 7.05 Å². The van der Waals surface area contributed by atoms with Gasteiger partial charge in [-0.2, -0.15) is 13.2 Å². The smallest absolute Gasteiger partial charge is 0.351 e. The molecular weight excluding hydrogens is 245 g/mol. The lowest BCUT2D eigenvalue weighted by molar-refractivity contribution is -0.123. The maximum absolute atomic E-state index is 12.0. The lowest BCUT2D eigenvalue weighted by Gasteiger charge is -2.09. The van der Waals surface area contributed by atoms with Crippen LogP contribution in [-0.4, -0.2) is 23.2 Å². The Kier molecular flexibility index (Phi) is 3.02. The monoisotopic (exact) mass is 256 g/mol. The number of aryl methyl sites for hydroxylation is 1. The predicted molar refractivity (Wildman–Crippen MR) is 61.3 cm³/mol. The molecule has 2 rings (SSSR count). The minimum Gasteiger partial charge on any atom is -0.351 e. The normalized spacial score (nSPS) is 11.8. The van der Waals surface area contributed by atoms with E-state index in [9.17, 15) is 18.0 Å². The van der Waals surface area contributed by atoms with Crippen molar-refractivity contribution in [1.82, 2.24) is 9.88 Å². The molecule has 0 aliphatic rings. The largest absolute Gasteiger partial charge is 0.405 e. The van der Waals surface area contributed by atoms with Gasteiger partial charge >= 0.3 is 6.18 Å². The molecule has 1 heterocycles. The van der Waals surface area contributed by atoms with Crippen LogP contribution >= 0.6 is 0 Å². The fourth-order valence-electron chi connectivity index (χ4n) is 1.78. The molecule has 0 spiro atoms. The summed E-state index contributed by atoms with van der Waals surface area (Å²) < 4.78 is 37.9. The van der Waals surface area contributed by atoms with Crippen molar-refractivity contribution < 1.29 is 18.0 Å². The molecule has 1 amide bonds. The first kappa shape index (κ1) is 12.5. The van der Waals surface area contributed by atoms with E-state index < -0.39 is 18.6 Å². The summed E-state index contributed by atoms with van der Waals surface area (Å²) in [5.74, 6) is -0.718. The zero-order chi connectivity index (χ0) is 13.3. The Bertz CT molecular complexity index is 587. The Morgan fingerprint density at radius 3 is 2.72 bits per heavy atom. The first-order valence-electron chi connectivity index (χ1n) is 5.27. The fraction of sp³-hybridized carbons (Fsp3) is 0.250. The molecule has 96 valence electrons. The van der Waals surface area contributed by atoms with Crippen LogP contribution < -0.4 is 5.32 Å². The molecule has 2 aromatic rings. The van der Waals surface area contributed by atoms with Crippen molar-refractivity contribution in [3.8, 4) is 0 Å². The van der Waals surface area contributed by atoms with Gasteiger partial charge in [-0.15, -0.1) is 0 Å². The molecule has 0 saturated heterocycles. The summed E-state index contributed by atoms with van der Waals surface area (Å²) in [6.45, 7) is -1.32. The Morgan fingerprint density at radius 1 is 1.33 bits per heavy atom. The number of halogens is 3. The highest BCUT2D eigenvalue weighted by atomic mass is 19.4. The van der Waals surface area contributed by atoms with Crippen molar-refractivity contribution in [2.45, 2.75) is 6.18 Å². The van der Waals surface area contributed by atoms with Crippen molar-refractivity contribution in [3.05, 3.63) is 36.0 Å². The average molecular weight is 256 g/mol. The number of aromatic nitrogens is 1. The van der Waals surface area contributed by atoms with Crippen LogP contribution in [0.4, 0.5) is 13.2 Å². The number of hydrogen-bond acceptors (Lipinski definition) is 1. The Morgan fingerprint density at radius 2 is 2.06 bits per heavy atom. The highest BCUT2D eigenvalue weighted by Crippen LogP contribution is 2.20. The molecule has 3 nitrogen and oxygen atoms in total. The van der Waals surface area contributed by atoms with Crippen LogP contribution in [0.5, 0.6) is 0 Å². The van der Waals surface area contributed by atoms with Gasteiger partial charge in [-0.25, -0.2) is 0 Å². The molecule has 18 heavy (non-hydrogen) atoms. The third-order valence-corrected chi connectivity index (χ3v) is 2.62. The third-order valence-electron chi connectivity index (χ3n) is 2.62. The molecule has 0 saturated carbocycles. The van der Waals surface area contributed by atoms with Gasteiger partial charge in [0, 0.05) is 29.7 Å². The van der Waals surface area contributed by atoms with E-state index in [1.165, 1.54) is 6.07 Å². The number of nitrogens with one attached hydrogen (secondary N) is 1. The minimum absolute atomic E-state index is 0.248. The summed E-state index contributed by atoms with van der Waals surface area (Å²) >= 11 is 0. The van der Waals surface area contributed by atoms with Crippen LogP contribution in [0.2, 0.25) is 0 Å². The molecule has 0 atom stereocenters. The van der Waals surface area contributed by atoms with E-state index >= 15 is 0 Å². The molecule has 0 unspecified atom stereocenters. The number of alkyl halides is 3. The number of carbonyl (C=O) groups is 1. The van der Waals surface area contributed by atoms with Gasteiger partial charge in [0.2, 0.25) is 0 Å². The molecule has 1 N–H and O–H groups in total. The van der Waals surface area contributed by atoms with Crippen LogP contribution in [0.3, 0.4) is 0 Å². The van der Waals surface area contributed by atoms with E-state index in [0.29, 0.717) is 5.39 Å². The molecule has 1 aromatic carbocycles. The summed E-state index contributed by atoms with van der Waals surface area (Å²) in [5, 5.41) is 2.51. The van der Waals surface area contributed by atoms with Gasteiger partial charge in [0.25, 0.3) is 5.91 Å². The lowest BCUT2D eigenvalue weighted by Crippen LogP contribution is -2.33. The molecule has 0 aliphatic carbocycles. The second-order valence-corrected chi connectivity index (χ2v) is 3.96. The summed E-state index contributed by atoms with van der Waals surface area (Å²) in [4.78, 5) is 11.7. The molecule has 0 radical (unpaired) electrons. The van der Waals surface area contributed by atoms with Gasteiger partial charge in [0.15, 0.2) is 0 Å². The van der Waals surface area contributed by atoms with Crippen LogP contribution in [0.15, 0.2) is 30.5 Å². The maximum Gasteiger partial charge on any atom is 0.405 e. The molecule has 0 aliphatic heterocycles. The first-order chi connectivity index (χ1) is 8.38. The quantitative estimate of drug-likeness (QED) is 0.880. The van der Waals surface area contributed by atoms with Gasteiger partial charge in [-0.3, -0.25) is 4.79 Å². The molecule has 0 bridgehead atoms. The fourth-order valence-corrected chi connectivity index (χ4v) is 1.78. The van der Waals surface area contributed by atoms with E-state index in [1.807, 2.05) is 5.32 Å². The SMILES string of the molecule is Cn1ccc2c(C(=O)NCC(F)(F)F)cccc21. The van der Waals surface area contributed by atoms with Crippen molar-refractivity contribution in [3.63, 3.8) is 0 Å². The zero-order valence-electron chi connectivity index (χ0n) is 9.58. The van der Waals surface area contributed by atoms with Crippen molar-refractivity contribution >= 4 is 16.8 Å². The van der Waals surface area contributed by atoms with Gasteiger partial charge in [-0.05, 0) is 18.2 Å². The van der Waals surface area contributed by atoms with Crippen molar-refractivity contribution in [1.29, 1.82) is 0 Å². The van der Waals surface area contributed by atoms with Crippen LogP contribution in [0, 0.1) is 0 Å². The molecule has 0 fully saturated rings. The summed E-state index contributed by atoms with van der Waals surface area (Å²) in [6, 6.07) is 6.66. The average Bonchev–Trinajstić information content (AvgIpc) is 2.67. The zero-order valence-corrected chi connectivity index (χ0v) is 9.58. The Balaban J connectivity index is 2.28. The predicted octanol–water partition coefficient (Wildman–Crippen LogP) is 2.47. The second kappa shape index (κ2) is 4.36. The highest BCUT2D eigenvalue weighted by molar-refractivity contribution is 6.06. The van der Waals surface area contributed by atoms with E-state index in [0.717, 1.165) is 5.52 Å². The lowest BCUT2D eigenvalue weighted by atomic mass is 10.1. The van der Waals surface area contributed by atoms with Crippen molar-refractivity contribution in [2.75, 3.05) is 6.54 Å². The van der Waals surface area contributed by atoms with Gasteiger partial charge in [0.1, 0.15) is 6.54 Å². The summed E-state index contributed by atoms with van der Waals surface area (Å²) in [5.41, 5.74) is 1.05. The van der Waals surface area contributed by atoms with Gasteiger partial charge < -0.3 is 9.88 Å². The summed E-state index contributed by atoms with van der Waals surface area (Å²) in [6.07, 6.45) is -2.65.